The Morgan fingerprint density at radius 1 is 0.281 bits per heavy atom. The molecule has 0 unspecified atom stereocenters. The van der Waals surface area contributed by atoms with Crippen molar-refractivity contribution >= 4 is 0 Å². The molecule has 0 nitrogen and oxygen atoms in total. The van der Waals surface area contributed by atoms with E-state index in [1.54, 1.807) is 0 Å². The van der Waals surface area contributed by atoms with Gasteiger partial charge in [0, 0.05) is 16.7 Å². The maximum atomic E-state index is 3.68. The largest absolute Gasteiger partial charge is 0.101 e. The topological polar surface area (TPSA) is 0 Å². The Morgan fingerprint density at radius 2 is 0.562 bits per heavy atom. The molecule has 0 heterocycles. The highest BCUT2D eigenvalue weighted by Gasteiger charge is 2.12. The van der Waals surface area contributed by atoms with Gasteiger partial charge in [0.05, 0.1) is 0 Å². The SMILES string of the molecule is CC#Cc1cc2ccc1-c1ccc(cc1)-c1ccc(cc1)-c1ccc(cc1)-c1ccc(c(C#Cc3cc(CC)c(C)cc3CC)c1)-c1ccc(cc1)-c1ccc(cc1)-c1ccc-2cc1. The van der Waals surface area contributed by atoms with Crippen molar-refractivity contribution in [1.82, 2.24) is 0 Å². The molecule has 9 aromatic carbocycles. The monoisotopic (exact) mass is 816 g/mol. The second-order valence-electron chi connectivity index (χ2n) is 16.8. The van der Waals surface area contributed by atoms with E-state index in [0.717, 1.165) is 68.5 Å². The molecule has 0 saturated heterocycles. The first-order chi connectivity index (χ1) is 31.4. The van der Waals surface area contributed by atoms with Gasteiger partial charge < -0.3 is 0 Å². The summed E-state index contributed by atoms with van der Waals surface area (Å²) in [7, 11) is 0. The van der Waals surface area contributed by atoms with Crippen LogP contribution in [0.5, 0.6) is 0 Å². The van der Waals surface area contributed by atoms with Crippen LogP contribution in [0.15, 0.2) is 194 Å². The van der Waals surface area contributed by atoms with E-state index >= 15 is 0 Å². The summed E-state index contributed by atoms with van der Waals surface area (Å²) >= 11 is 0. The molecule has 0 spiro atoms. The van der Waals surface area contributed by atoms with Crippen molar-refractivity contribution in [2.24, 2.45) is 0 Å². The molecule has 64 heavy (non-hydrogen) atoms. The molecular formula is C64H48. The van der Waals surface area contributed by atoms with Crippen LogP contribution in [-0.2, 0) is 12.8 Å². The van der Waals surface area contributed by atoms with Gasteiger partial charge in [0.25, 0.3) is 0 Å². The zero-order chi connectivity index (χ0) is 43.6. The zero-order valence-electron chi connectivity index (χ0n) is 36.9. The molecule has 31 rings (SSSR count). The highest BCUT2D eigenvalue weighted by molar-refractivity contribution is 5.83. The summed E-state index contributed by atoms with van der Waals surface area (Å²) in [5.41, 5.74) is 25.9. The fraction of sp³-hybridized carbons (Fsp3) is 0.0938. The van der Waals surface area contributed by atoms with Crippen molar-refractivity contribution < 1.29 is 0 Å². The van der Waals surface area contributed by atoms with Crippen LogP contribution in [0.25, 0.3) is 89.0 Å². The molecule has 22 aliphatic carbocycles. The van der Waals surface area contributed by atoms with E-state index < -0.39 is 0 Å². The van der Waals surface area contributed by atoms with E-state index in [1.165, 1.54) is 66.8 Å². The van der Waals surface area contributed by atoms with E-state index in [4.69, 9.17) is 0 Å². The van der Waals surface area contributed by atoms with Crippen LogP contribution in [-0.4, -0.2) is 0 Å². The minimum atomic E-state index is 0.948. The molecule has 16 bridgehead atoms. The van der Waals surface area contributed by atoms with Gasteiger partial charge in [-0.05, 0) is 151 Å². The van der Waals surface area contributed by atoms with Crippen molar-refractivity contribution in [3.8, 4) is 113 Å². The fourth-order valence-electron chi connectivity index (χ4n) is 9.13. The first kappa shape index (κ1) is 40.2. The van der Waals surface area contributed by atoms with Gasteiger partial charge in [0.15, 0.2) is 0 Å². The molecule has 304 valence electrons. The quantitative estimate of drug-likeness (QED) is 0.153. The summed E-state index contributed by atoms with van der Waals surface area (Å²) < 4.78 is 0. The Labute approximate surface area is 379 Å². The maximum Gasteiger partial charge on any atom is 0.0333 e. The van der Waals surface area contributed by atoms with Gasteiger partial charge in [0.1, 0.15) is 0 Å². The molecular weight excluding hydrogens is 769 g/mol. The fourth-order valence-corrected chi connectivity index (χ4v) is 9.13. The summed E-state index contributed by atoms with van der Waals surface area (Å²) in [6.07, 6.45) is 1.94. The Hall–Kier alpha value is -7.90. The van der Waals surface area contributed by atoms with E-state index in [9.17, 15) is 0 Å². The van der Waals surface area contributed by atoms with Crippen LogP contribution in [0, 0.1) is 30.6 Å². The molecule has 0 aliphatic heterocycles. The van der Waals surface area contributed by atoms with Crippen LogP contribution in [0.4, 0.5) is 0 Å². The lowest BCUT2D eigenvalue weighted by Crippen LogP contribution is -1.95. The van der Waals surface area contributed by atoms with E-state index in [0.29, 0.717) is 0 Å². The molecule has 9 aromatic rings. The average molecular weight is 817 g/mol. The predicted octanol–water partition coefficient (Wildman–Crippen LogP) is 16.5. The number of aryl methyl sites for hydroxylation is 3. The third kappa shape index (κ3) is 8.00. The normalized spacial score (nSPS) is 11.0. The lowest BCUT2D eigenvalue weighted by atomic mass is 9.92. The third-order valence-electron chi connectivity index (χ3n) is 12.9. The van der Waals surface area contributed by atoms with E-state index in [-0.39, 0.29) is 0 Å². The summed E-state index contributed by atoms with van der Waals surface area (Å²) in [6.45, 7) is 8.56. The number of hydrogen-bond acceptors (Lipinski definition) is 0. The number of rotatable bonds is 2. The first-order valence-electron chi connectivity index (χ1n) is 22.4. The first-order valence-corrected chi connectivity index (χ1v) is 22.4. The van der Waals surface area contributed by atoms with Gasteiger partial charge >= 0.3 is 0 Å². The van der Waals surface area contributed by atoms with Gasteiger partial charge in [-0.25, -0.2) is 0 Å². The van der Waals surface area contributed by atoms with E-state index in [1.807, 2.05) is 6.92 Å². The van der Waals surface area contributed by atoms with Crippen molar-refractivity contribution in [3.05, 3.63) is 228 Å². The van der Waals surface area contributed by atoms with Crippen molar-refractivity contribution in [2.75, 3.05) is 0 Å². The highest BCUT2D eigenvalue weighted by atomic mass is 14.2. The Bertz CT molecular complexity index is 3280. The third-order valence-corrected chi connectivity index (χ3v) is 12.9. The van der Waals surface area contributed by atoms with Crippen LogP contribution in [0.3, 0.4) is 0 Å². The maximum absolute atomic E-state index is 3.68. The lowest BCUT2D eigenvalue weighted by Gasteiger charge is -2.12. The highest BCUT2D eigenvalue weighted by Crippen LogP contribution is 2.35. The molecule has 0 fully saturated rings. The van der Waals surface area contributed by atoms with Crippen LogP contribution >= 0.6 is 0 Å². The average Bonchev–Trinajstić information content (AvgIpc) is 3.36. The van der Waals surface area contributed by atoms with Crippen molar-refractivity contribution in [2.45, 2.75) is 40.5 Å². The summed E-state index contributed by atoms with van der Waals surface area (Å²) in [5.74, 6) is 13.9. The molecule has 0 amide bonds. The molecule has 0 heteroatoms. The Balaban J connectivity index is 1.07. The second-order valence-corrected chi connectivity index (χ2v) is 16.8. The van der Waals surface area contributed by atoms with Crippen molar-refractivity contribution in [3.63, 3.8) is 0 Å². The second kappa shape index (κ2) is 17.5. The van der Waals surface area contributed by atoms with Gasteiger partial charge in [0.2, 0.25) is 0 Å². The lowest BCUT2D eigenvalue weighted by molar-refractivity contribution is 1.07. The van der Waals surface area contributed by atoms with Gasteiger partial charge in [-0.15, -0.1) is 5.92 Å². The smallest absolute Gasteiger partial charge is 0.0333 e. The van der Waals surface area contributed by atoms with Gasteiger partial charge in [-0.3, -0.25) is 0 Å². The standard InChI is InChI=1S/C64H48/c1-5-8-61-41-59-35-37-63(61)56-29-25-52(26-30-56)48-13-9-47(10-14-48)51-19-23-55(24-20-51)60-36-38-64(62(42-60)34-33-58-40-44(6-2)43(4)39-45(58)7-3)57-31-27-53(28-32-57)49-15-11-46(12-16-49)50-17-21-54(59)22-18-50/h9-32,35-42H,6-7H2,1-4H3. The summed E-state index contributed by atoms with van der Waals surface area (Å²) in [5, 5.41) is 0. The zero-order valence-corrected chi connectivity index (χ0v) is 36.9. The van der Waals surface area contributed by atoms with Crippen LogP contribution in [0.2, 0.25) is 0 Å². The van der Waals surface area contributed by atoms with Crippen LogP contribution < -0.4 is 0 Å². The number of hydrogen-bond donors (Lipinski definition) is 0. The minimum absolute atomic E-state index is 0.948. The van der Waals surface area contributed by atoms with Crippen LogP contribution in [0.1, 0.15) is 54.2 Å². The van der Waals surface area contributed by atoms with Gasteiger partial charge in [-0.1, -0.05) is 208 Å². The molecule has 0 atom stereocenters. The van der Waals surface area contributed by atoms with E-state index in [2.05, 4.69) is 239 Å². The molecule has 22 aliphatic rings. The molecule has 0 aromatic heterocycles. The minimum Gasteiger partial charge on any atom is -0.101 e. The Kier molecular flexibility index (Phi) is 11.0. The number of benzene rings is 9. The predicted molar refractivity (Wildman–Crippen MR) is 272 cm³/mol. The molecule has 0 saturated carbocycles. The van der Waals surface area contributed by atoms with Crippen molar-refractivity contribution in [1.29, 1.82) is 0 Å². The Morgan fingerprint density at radius 3 is 0.891 bits per heavy atom. The molecule has 0 radical (unpaired) electrons. The molecule has 0 N–H and O–H groups in total. The summed E-state index contributed by atoms with van der Waals surface area (Å²) in [6, 6.07) is 71.5. The summed E-state index contributed by atoms with van der Waals surface area (Å²) in [4.78, 5) is 0. The van der Waals surface area contributed by atoms with Gasteiger partial charge in [-0.2, -0.15) is 0 Å².